The van der Waals surface area contributed by atoms with Crippen molar-refractivity contribution in [2.75, 3.05) is 19.6 Å². The fourth-order valence-corrected chi connectivity index (χ4v) is 5.18. The molecule has 0 bridgehead atoms. The summed E-state index contributed by atoms with van der Waals surface area (Å²) >= 11 is 0. The number of alkyl carbamates (subject to hydrolysis) is 1. The molecular formula is C33H45N3O5. The maximum absolute atomic E-state index is 13.5. The van der Waals surface area contributed by atoms with Crippen molar-refractivity contribution in [1.82, 2.24) is 15.5 Å². The van der Waals surface area contributed by atoms with Crippen LogP contribution < -0.4 is 10.6 Å². The van der Waals surface area contributed by atoms with Gasteiger partial charge in [-0.3, -0.25) is 9.59 Å². The van der Waals surface area contributed by atoms with Crippen LogP contribution in [0.4, 0.5) is 4.79 Å². The SMILES string of the molecule is CC(C)C[C@H](NC(=O)OCc1ccccc1)C(=O)C[C@H](CN[C@@H](C=O)CCC(=O)N1CCCC1)Cc1ccccc1. The van der Waals surface area contributed by atoms with Crippen molar-refractivity contribution in [1.29, 1.82) is 0 Å². The molecule has 1 saturated heterocycles. The molecule has 0 saturated carbocycles. The van der Waals surface area contributed by atoms with E-state index < -0.39 is 18.2 Å². The van der Waals surface area contributed by atoms with Crippen LogP contribution in [0.1, 0.15) is 63.5 Å². The number of nitrogens with zero attached hydrogens (tertiary/aromatic N) is 1. The molecule has 0 aliphatic carbocycles. The Kier molecular flexibility index (Phi) is 13.5. The summed E-state index contributed by atoms with van der Waals surface area (Å²) in [6.07, 6.45) is 4.43. The second kappa shape index (κ2) is 17.3. The lowest BCUT2D eigenvalue weighted by molar-refractivity contribution is -0.130. The van der Waals surface area contributed by atoms with Gasteiger partial charge in [0.25, 0.3) is 0 Å². The summed E-state index contributed by atoms with van der Waals surface area (Å²) in [6, 6.07) is 18.2. The molecule has 3 atom stereocenters. The van der Waals surface area contributed by atoms with Gasteiger partial charge in [0.15, 0.2) is 5.78 Å². The number of Topliss-reactive ketones (excluding diaryl/α,β-unsaturated/α-hetero) is 1. The zero-order chi connectivity index (χ0) is 29.5. The van der Waals surface area contributed by atoms with Crippen LogP contribution in [0, 0.1) is 11.8 Å². The Morgan fingerprint density at radius 2 is 1.59 bits per heavy atom. The minimum Gasteiger partial charge on any atom is -0.445 e. The molecule has 0 radical (unpaired) electrons. The second-order valence-electron chi connectivity index (χ2n) is 11.4. The van der Waals surface area contributed by atoms with E-state index in [4.69, 9.17) is 4.74 Å². The van der Waals surface area contributed by atoms with Gasteiger partial charge in [0.1, 0.15) is 12.9 Å². The van der Waals surface area contributed by atoms with E-state index in [9.17, 15) is 19.2 Å². The molecule has 8 heteroatoms. The molecule has 0 unspecified atom stereocenters. The highest BCUT2D eigenvalue weighted by Crippen LogP contribution is 2.17. The normalized spacial score (nSPS) is 15.2. The van der Waals surface area contributed by atoms with Crippen LogP contribution in [0.2, 0.25) is 0 Å². The molecule has 2 amide bonds. The molecule has 1 fully saturated rings. The summed E-state index contributed by atoms with van der Waals surface area (Å²) in [6.45, 7) is 6.18. The number of carbonyl (C=O) groups excluding carboxylic acids is 4. The number of likely N-dealkylation sites (tertiary alicyclic amines) is 1. The van der Waals surface area contributed by atoms with E-state index in [0.717, 1.165) is 43.3 Å². The van der Waals surface area contributed by atoms with E-state index in [0.29, 0.717) is 32.2 Å². The third-order valence-corrected chi connectivity index (χ3v) is 7.42. The van der Waals surface area contributed by atoms with Crippen LogP contribution in [0.5, 0.6) is 0 Å². The number of nitrogens with one attached hydrogen (secondary N) is 2. The fraction of sp³-hybridized carbons (Fsp3) is 0.515. The van der Waals surface area contributed by atoms with E-state index in [2.05, 4.69) is 10.6 Å². The van der Waals surface area contributed by atoms with Gasteiger partial charge in [-0.25, -0.2) is 4.79 Å². The van der Waals surface area contributed by atoms with E-state index >= 15 is 0 Å². The first-order valence-electron chi connectivity index (χ1n) is 14.8. The van der Waals surface area contributed by atoms with E-state index in [1.54, 1.807) is 0 Å². The molecule has 8 nitrogen and oxygen atoms in total. The molecule has 1 aliphatic heterocycles. The molecule has 41 heavy (non-hydrogen) atoms. The van der Waals surface area contributed by atoms with Gasteiger partial charge in [-0.2, -0.15) is 0 Å². The van der Waals surface area contributed by atoms with Gasteiger partial charge in [-0.15, -0.1) is 0 Å². The first-order valence-corrected chi connectivity index (χ1v) is 14.8. The molecule has 222 valence electrons. The molecule has 1 heterocycles. The third-order valence-electron chi connectivity index (χ3n) is 7.42. The minimum absolute atomic E-state index is 0.0649. The maximum atomic E-state index is 13.5. The quantitative estimate of drug-likeness (QED) is 0.270. The average molecular weight is 564 g/mol. The number of carbonyl (C=O) groups is 4. The summed E-state index contributed by atoms with van der Waals surface area (Å²) in [5, 5.41) is 6.09. The predicted molar refractivity (Wildman–Crippen MR) is 159 cm³/mol. The maximum Gasteiger partial charge on any atom is 0.408 e. The van der Waals surface area contributed by atoms with Gasteiger partial charge in [-0.05, 0) is 61.6 Å². The lowest BCUT2D eigenvalue weighted by Crippen LogP contribution is -2.44. The van der Waals surface area contributed by atoms with Crippen molar-refractivity contribution in [3.63, 3.8) is 0 Å². The van der Waals surface area contributed by atoms with Crippen LogP contribution in [0.25, 0.3) is 0 Å². The molecule has 1 aliphatic rings. The highest BCUT2D eigenvalue weighted by atomic mass is 16.5. The van der Waals surface area contributed by atoms with Crippen LogP contribution in [0.3, 0.4) is 0 Å². The summed E-state index contributed by atoms with van der Waals surface area (Å²) in [5.41, 5.74) is 1.96. The number of benzene rings is 2. The van der Waals surface area contributed by atoms with Gasteiger partial charge in [0.05, 0.1) is 12.1 Å². The van der Waals surface area contributed by atoms with E-state index in [-0.39, 0.29) is 36.6 Å². The highest BCUT2D eigenvalue weighted by molar-refractivity contribution is 5.87. The van der Waals surface area contributed by atoms with Crippen molar-refractivity contribution in [2.45, 2.75) is 77.5 Å². The molecule has 0 spiro atoms. The number of rotatable bonds is 17. The summed E-state index contributed by atoms with van der Waals surface area (Å²) in [5.74, 6) is 0.119. The van der Waals surface area contributed by atoms with Gasteiger partial charge >= 0.3 is 6.09 Å². The van der Waals surface area contributed by atoms with Gasteiger partial charge in [-0.1, -0.05) is 74.5 Å². The Morgan fingerprint density at radius 1 is 0.951 bits per heavy atom. The number of amides is 2. The highest BCUT2D eigenvalue weighted by Gasteiger charge is 2.26. The Bertz CT molecular complexity index is 1090. The molecular weight excluding hydrogens is 518 g/mol. The van der Waals surface area contributed by atoms with E-state index in [1.165, 1.54) is 0 Å². The zero-order valence-corrected chi connectivity index (χ0v) is 24.4. The van der Waals surface area contributed by atoms with Crippen molar-refractivity contribution in [3.05, 3.63) is 71.8 Å². The van der Waals surface area contributed by atoms with Crippen LogP contribution in [0.15, 0.2) is 60.7 Å². The molecule has 2 aromatic carbocycles. The number of ketones is 1. The number of hydrogen-bond acceptors (Lipinski definition) is 6. The average Bonchev–Trinajstić information content (AvgIpc) is 3.52. The Morgan fingerprint density at radius 3 is 2.20 bits per heavy atom. The smallest absolute Gasteiger partial charge is 0.408 e. The number of aldehydes is 1. The van der Waals surface area contributed by atoms with Crippen molar-refractivity contribution >= 4 is 24.1 Å². The third kappa shape index (κ3) is 11.9. The Hall–Kier alpha value is -3.52. The molecule has 2 aromatic rings. The Labute approximate surface area is 244 Å². The Balaban J connectivity index is 1.60. The van der Waals surface area contributed by atoms with Gasteiger partial charge in [0, 0.05) is 25.9 Å². The topological polar surface area (TPSA) is 105 Å². The predicted octanol–water partition coefficient (Wildman–Crippen LogP) is 4.71. The summed E-state index contributed by atoms with van der Waals surface area (Å²) in [4.78, 5) is 52.3. The van der Waals surface area contributed by atoms with Crippen molar-refractivity contribution in [2.24, 2.45) is 11.8 Å². The first-order chi connectivity index (χ1) is 19.8. The van der Waals surface area contributed by atoms with Gasteiger partial charge in [0.2, 0.25) is 5.91 Å². The molecule has 2 N–H and O–H groups in total. The monoisotopic (exact) mass is 563 g/mol. The van der Waals surface area contributed by atoms with Gasteiger partial charge < -0.3 is 25.1 Å². The standard InChI is InChI=1S/C33H45N3O5/c1-25(2)19-30(35-33(40)41-24-27-13-7-4-8-14-27)31(38)21-28(20-26-11-5-3-6-12-26)22-34-29(23-37)15-16-32(39)36-17-9-10-18-36/h3-8,11-14,23,25,28-30,34H,9-10,15-22,24H2,1-2H3,(H,35,40)/t28-,29-,30+/m1/s1. The minimum atomic E-state index is -0.670. The lowest BCUT2D eigenvalue weighted by atomic mass is 9.89. The number of hydrogen-bond donors (Lipinski definition) is 2. The van der Waals surface area contributed by atoms with Crippen LogP contribution >= 0.6 is 0 Å². The lowest BCUT2D eigenvalue weighted by Gasteiger charge is -2.24. The first kappa shape index (κ1) is 32.0. The van der Waals surface area contributed by atoms with E-state index in [1.807, 2.05) is 79.4 Å². The fourth-order valence-electron chi connectivity index (χ4n) is 5.18. The van der Waals surface area contributed by atoms with Crippen LogP contribution in [-0.2, 0) is 32.1 Å². The second-order valence-corrected chi connectivity index (χ2v) is 11.4. The number of ether oxygens (including phenoxy) is 1. The van der Waals surface area contributed by atoms with Crippen molar-refractivity contribution in [3.8, 4) is 0 Å². The summed E-state index contributed by atoms with van der Waals surface area (Å²) in [7, 11) is 0. The van der Waals surface area contributed by atoms with Crippen molar-refractivity contribution < 1.29 is 23.9 Å². The largest absolute Gasteiger partial charge is 0.445 e. The summed E-state index contributed by atoms with van der Waals surface area (Å²) < 4.78 is 5.38. The molecule has 0 aromatic heterocycles. The zero-order valence-electron chi connectivity index (χ0n) is 24.4. The molecule has 3 rings (SSSR count). The van der Waals surface area contributed by atoms with Crippen LogP contribution in [-0.4, -0.2) is 60.7 Å².